The van der Waals surface area contributed by atoms with Gasteiger partial charge in [-0.25, -0.2) is 9.46 Å². The van der Waals surface area contributed by atoms with Crippen molar-refractivity contribution in [2.24, 2.45) is 0 Å². The molecule has 21 nitrogen and oxygen atoms in total. The number of fused-ring (bicyclic) bond motifs is 1. The second kappa shape index (κ2) is 38.7. The van der Waals surface area contributed by atoms with Gasteiger partial charge in [0.15, 0.2) is 6.23 Å². The molecule has 0 saturated carbocycles. The molecule has 6 rings (SSSR count). The quantitative estimate of drug-likeness (QED) is 0.0106. The van der Waals surface area contributed by atoms with Crippen LogP contribution in [0, 0.1) is 11.3 Å². The summed E-state index contributed by atoms with van der Waals surface area (Å²) in [5.74, 6) is 0.798. The normalized spacial score (nSPS) is 16.3. The van der Waals surface area contributed by atoms with Crippen molar-refractivity contribution in [3.05, 3.63) is 131 Å². The summed E-state index contributed by atoms with van der Waals surface area (Å²) in [6.45, 7) is 17.3. The van der Waals surface area contributed by atoms with Crippen molar-refractivity contribution in [2.45, 2.75) is 146 Å². The Kier molecular flexibility index (Phi) is 31.4. The number of amides is 6. The van der Waals surface area contributed by atoms with Crippen molar-refractivity contribution < 1.29 is 66.2 Å². The average Bonchev–Trinajstić information content (AvgIpc) is 1.44. The highest BCUT2D eigenvalue weighted by Gasteiger charge is 2.50. The minimum Gasteiger partial charge on any atom is -0.497 e. The molecule has 5 unspecified atom stereocenters. The minimum atomic E-state index is -1.74. The molecule has 91 heavy (non-hydrogen) atoms. The van der Waals surface area contributed by atoms with E-state index in [9.17, 15) is 29.2 Å². The number of hydrogen-bond acceptors (Lipinski definition) is 17. The monoisotopic (exact) mass is 1300 g/mol. The maximum atomic E-state index is 13.9. The second-order valence-electron chi connectivity index (χ2n) is 23.8. The molecule has 5 atom stereocenters. The Labute approximate surface area is 543 Å². The Hall–Kier alpha value is -6.22. The molecular formula is C68H96N7O14PS. The third-order valence-electron chi connectivity index (χ3n) is 15.3. The Balaban J connectivity index is 0.835. The number of hydrogen-bond donors (Lipinski definition) is 4. The lowest BCUT2D eigenvalue weighted by Gasteiger charge is -2.40. The van der Waals surface area contributed by atoms with Crippen molar-refractivity contribution in [3.63, 3.8) is 0 Å². The molecule has 0 aromatic heterocycles. The maximum Gasteiger partial charge on any atom is 0.325 e. The van der Waals surface area contributed by atoms with E-state index in [-0.39, 0.29) is 84.8 Å². The third-order valence-corrected chi connectivity index (χ3v) is 18.9. The smallest absolute Gasteiger partial charge is 0.325 e. The van der Waals surface area contributed by atoms with Crippen LogP contribution in [0.1, 0.15) is 132 Å². The summed E-state index contributed by atoms with van der Waals surface area (Å²) in [6, 6.07) is 33.8. The van der Waals surface area contributed by atoms with Gasteiger partial charge in [-0.15, -0.1) is 0 Å². The van der Waals surface area contributed by atoms with E-state index in [1.807, 2.05) is 131 Å². The number of methoxy groups -OCH3 is 2. The number of urea groups is 1. The zero-order chi connectivity index (χ0) is 65.6. The fourth-order valence-corrected chi connectivity index (χ4v) is 13.9. The predicted molar refractivity (Wildman–Crippen MR) is 352 cm³/mol. The van der Waals surface area contributed by atoms with Gasteiger partial charge in [-0.2, -0.15) is 17.0 Å². The summed E-state index contributed by atoms with van der Waals surface area (Å²) in [4.78, 5) is 67.0. The molecule has 6 amide bonds. The molecule has 4 N–H and O–H groups in total. The Morgan fingerprint density at radius 3 is 1.82 bits per heavy atom. The molecule has 0 bridgehead atoms. The van der Waals surface area contributed by atoms with E-state index in [1.165, 1.54) is 4.90 Å². The lowest BCUT2D eigenvalue weighted by Crippen LogP contribution is -2.48. The zero-order valence-electron chi connectivity index (χ0n) is 54.5. The van der Waals surface area contributed by atoms with Crippen molar-refractivity contribution >= 4 is 49.9 Å². The van der Waals surface area contributed by atoms with E-state index in [0.29, 0.717) is 101 Å². The maximum absolute atomic E-state index is 13.9. The first kappa shape index (κ1) is 73.8. The van der Waals surface area contributed by atoms with Crippen LogP contribution >= 0.6 is 20.3 Å². The Bertz CT molecular complexity index is 2820. The van der Waals surface area contributed by atoms with Crippen LogP contribution in [0.4, 0.5) is 4.79 Å². The number of carbonyl (C=O) groups is 5. The Morgan fingerprint density at radius 1 is 0.670 bits per heavy atom. The summed E-state index contributed by atoms with van der Waals surface area (Å²) in [5, 5.41) is 21.4. The first-order valence-corrected chi connectivity index (χ1v) is 33.8. The SMILES string of the molecule is COc1ccc(C(OC(COP(OCCC#N)N(C(C)C)C(C)C)NC(=O)COCC(=O)NCCCCOCCOCCOCCCNC(=O)CCCCC2SCC3C2NC(=O)N3C(=O)c2ccc(C(C)(C)C)cc2)(c2ccccc2)c2ccc(OC)cc2)cc1. The van der Waals surface area contributed by atoms with Gasteiger partial charge in [-0.1, -0.05) is 93.9 Å². The lowest BCUT2D eigenvalue weighted by molar-refractivity contribution is -0.139. The summed E-state index contributed by atoms with van der Waals surface area (Å²) in [5.41, 5.74) is 2.49. The molecule has 4 aromatic rings. The number of unbranched alkanes of at least 4 members (excludes halogenated alkanes) is 2. The van der Waals surface area contributed by atoms with Gasteiger partial charge in [-0.05, 0) is 124 Å². The number of ether oxygens (including phenoxy) is 7. The molecule has 2 saturated heterocycles. The number of benzene rings is 4. The van der Waals surface area contributed by atoms with E-state index in [0.717, 1.165) is 41.5 Å². The summed E-state index contributed by atoms with van der Waals surface area (Å²) < 4.78 is 55.9. The van der Waals surface area contributed by atoms with Gasteiger partial charge in [0.25, 0.3) is 14.4 Å². The molecule has 23 heteroatoms. The van der Waals surface area contributed by atoms with Gasteiger partial charge in [0.05, 0.1) is 78.4 Å². The molecular weight excluding hydrogens is 1200 g/mol. The number of carbonyl (C=O) groups excluding carboxylic acids is 5. The third kappa shape index (κ3) is 23.1. The predicted octanol–water partition coefficient (Wildman–Crippen LogP) is 9.79. The number of nitrogens with one attached hydrogen (secondary N) is 4. The van der Waals surface area contributed by atoms with Crippen LogP contribution in [0.5, 0.6) is 11.5 Å². The average molecular weight is 1300 g/mol. The van der Waals surface area contributed by atoms with Crippen LogP contribution in [-0.2, 0) is 58.1 Å². The number of nitrogens with zero attached hydrogens (tertiary/aromatic N) is 3. The van der Waals surface area contributed by atoms with Crippen LogP contribution in [0.2, 0.25) is 0 Å². The van der Waals surface area contributed by atoms with Crippen LogP contribution in [-0.4, -0.2) is 174 Å². The number of nitriles is 1. The fraction of sp³-hybridized carbons (Fsp3) is 0.559. The standard InChI is InChI=1S/C68H96N7O14PS/c1-49(2)75(50(3)4)90(87-40-17-35-69)88-47-63(89-68(53-19-11-10-12-20-53,54-27-31-56(81-8)32-28-54)55-29-33-57(82-9)34-30-55)72-62(78)46-86-45-61(77)71-36-15-16-38-83-41-43-85-44-42-84-39-18-37-70-60(76)22-14-13-21-59-64-58(48-91-59)74(66(80)73-64)65(79)51-23-25-52(26-24-51)67(5,6)7/h10-12,19-20,23-34,49-50,58-59,63-64H,13-18,21-22,36-48H2,1-9H3,(H,70,76)(H,71,77)(H,72,78)(H,73,80). The first-order chi connectivity index (χ1) is 43.9. The van der Waals surface area contributed by atoms with E-state index in [2.05, 4.69) is 52.8 Å². The summed E-state index contributed by atoms with van der Waals surface area (Å²) in [6.07, 6.45) is 3.98. The molecule has 4 aromatic carbocycles. The topological polar surface area (TPSA) is 247 Å². The zero-order valence-corrected chi connectivity index (χ0v) is 56.3. The van der Waals surface area contributed by atoms with Gasteiger partial charge >= 0.3 is 6.03 Å². The molecule has 2 heterocycles. The van der Waals surface area contributed by atoms with E-state index in [1.54, 1.807) is 26.0 Å². The summed E-state index contributed by atoms with van der Waals surface area (Å²) >= 11 is 1.78. The van der Waals surface area contributed by atoms with Crippen molar-refractivity contribution in [1.82, 2.24) is 30.8 Å². The molecule has 2 aliphatic heterocycles. The van der Waals surface area contributed by atoms with Crippen LogP contribution in [0.3, 0.4) is 0 Å². The molecule has 2 aliphatic rings. The van der Waals surface area contributed by atoms with Crippen LogP contribution in [0.25, 0.3) is 0 Å². The second-order valence-corrected chi connectivity index (χ2v) is 26.5. The molecule has 0 aliphatic carbocycles. The molecule has 2 fully saturated rings. The largest absolute Gasteiger partial charge is 0.497 e. The molecule has 498 valence electrons. The highest BCUT2D eigenvalue weighted by Crippen LogP contribution is 2.48. The summed E-state index contributed by atoms with van der Waals surface area (Å²) in [7, 11) is 1.45. The van der Waals surface area contributed by atoms with Crippen LogP contribution < -0.4 is 30.7 Å². The van der Waals surface area contributed by atoms with E-state index >= 15 is 0 Å². The van der Waals surface area contributed by atoms with Crippen molar-refractivity contribution in [1.29, 1.82) is 5.26 Å². The van der Waals surface area contributed by atoms with Crippen molar-refractivity contribution in [2.75, 3.05) is 99.1 Å². The van der Waals surface area contributed by atoms with Gasteiger partial charge in [-0.3, -0.25) is 24.1 Å². The van der Waals surface area contributed by atoms with Crippen LogP contribution in [0.15, 0.2) is 103 Å². The number of thioether (sulfide) groups is 1. The van der Waals surface area contributed by atoms with Gasteiger partial charge in [0.2, 0.25) is 17.7 Å². The van der Waals surface area contributed by atoms with E-state index < -0.39 is 32.9 Å². The highest BCUT2D eigenvalue weighted by molar-refractivity contribution is 8.00. The fourth-order valence-electron chi connectivity index (χ4n) is 10.7. The minimum absolute atomic E-state index is 0.00479. The number of rotatable bonds is 42. The first-order valence-electron chi connectivity index (χ1n) is 31.6. The highest BCUT2D eigenvalue weighted by atomic mass is 32.2. The lowest BCUT2D eigenvalue weighted by atomic mass is 9.80. The Morgan fingerprint density at radius 2 is 1.23 bits per heavy atom. The number of imide groups is 1. The van der Waals surface area contributed by atoms with E-state index in [4.69, 9.17) is 42.2 Å². The van der Waals surface area contributed by atoms with Gasteiger partial charge < -0.3 is 63.5 Å². The van der Waals surface area contributed by atoms with Crippen molar-refractivity contribution in [3.8, 4) is 17.6 Å². The van der Waals surface area contributed by atoms with Gasteiger partial charge in [0.1, 0.15) is 30.3 Å². The van der Waals surface area contributed by atoms with Gasteiger partial charge in [0, 0.05) is 61.4 Å². The molecule has 0 spiro atoms. The molecule has 0 radical (unpaired) electrons.